The molecule has 0 spiro atoms. The fourth-order valence-corrected chi connectivity index (χ4v) is 13.0. The van der Waals surface area contributed by atoms with Gasteiger partial charge in [0.05, 0.1) is 6.61 Å². The van der Waals surface area contributed by atoms with Crippen molar-refractivity contribution in [2.24, 2.45) is 0 Å². The van der Waals surface area contributed by atoms with Crippen LogP contribution < -0.4 is 10.4 Å². The van der Waals surface area contributed by atoms with Crippen LogP contribution in [0.4, 0.5) is 0 Å². The smallest absolute Gasteiger partial charge is 0.261 e. The van der Waals surface area contributed by atoms with Gasteiger partial charge in [-0.15, -0.1) is 0 Å². The maximum atomic E-state index is 7.14. The second-order valence-corrected chi connectivity index (χ2v) is 22.8. The van der Waals surface area contributed by atoms with Crippen LogP contribution in [0.15, 0.2) is 191 Å². The summed E-state index contributed by atoms with van der Waals surface area (Å²) in [7, 11) is -2.54. The molecule has 4 aromatic carbocycles. The van der Waals surface area contributed by atoms with Gasteiger partial charge in [0, 0.05) is 11.8 Å². The summed E-state index contributed by atoms with van der Waals surface area (Å²) in [6.45, 7) is 23.6. The predicted molar refractivity (Wildman–Crippen MR) is 267 cm³/mol. The third kappa shape index (κ3) is 15.5. The third-order valence-corrected chi connectivity index (χ3v) is 16.8. The number of benzene rings is 4. The van der Waals surface area contributed by atoms with Gasteiger partial charge in [-0.05, 0) is 126 Å². The highest BCUT2D eigenvalue weighted by atomic mass is 28.4. The molecule has 0 amide bonds. The Morgan fingerprint density at radius 3 is 1.22 bits per heavy atom. The Morgan fingerprint density at radius 1 is 0.467 bits per heavy atom. The van der Waals surface area contributed by atoms with Gasteiger partial charge in [-0.25, -0.2) is 0 Å². The molecule has 0 aliphatic rings. The average Bonchev–Trinajstić information content (AvgIpc) is 3.22. The molecule has 2 heteroatoms. The fourth-order valence-electron chi connectivity index (χ4n) is 8.51. The van der Waals surface area contributed by atoms with E-state index in [9.17, 15) is 0 Å². The molecular weight excluding hydrogens is 741 g/mol. The minimum atomic E-state index is -2.54. The largest absolute Gasteiger partial charge is 0.404 e. The summed E-state index contributed by atoms with van der Waals surface area (Å²) < 4.78 is 7.14. The van der Waals surface area contributed by atoms with Crippen LogP contribution in [0.1, 0.15) is 144 Å². The molecule has 0 fully saturated rings. The van der Waals surface area contributed by atoms with Crippen LogP contribution in [0.2, 0.25) is 5.04 Å². The number of hydrogen-bond donors (Lipinski definition) is 0. The van der Waals surface area contributed by atoms with Crippen molar-refractivity contribution in [3.05, 3.63) is 202 Å². The first-order valence-electron chi connectivity index (χ1n) is 22.6. The van der Waals surface area contributed by atoms with E-state index in [0.29, 0.717) is 18.4 Å². The molecule has 0 N–H and O–H groups in total. The van der Waals surface area contributed by atoms with Crippen LogP contribution in [-0.4, -0.2) is 14.9 Å². The van der Waals surface area contributed by atoms with Gasteiger partial charge in [-0.3, -0.25) is 0 Å². The topological polar surface area (TPSA) is 9.23 Å². The van der Waals surface area contributed by atoms with E-state index in [1.807, 2.05) is 0 Å². The molecule has 0 aliphatic carbocycles. The van der Waals surface area contributed by atoms with E-state index in [-0.39, 0.29) is 5.04 Å². The molecule has 60 heavy (non-hydrogen) atoms. The highest BCUT2D eigenvalue weighted by Gasteiger charge is 2.49. The zero-order valence-corrected chi connectivity index (χ0v) is 39.9. The Morgan fingerprint density at radius 2 is 0.833 bits per heavy atom. The first-order valence-corrected chi connectivity index (χ1v) is 24.5. The Bertz CT molecular complexity index is 2000. The molecule has 1 nitrogen and oxygen atoms in total. The third-order valence-electron chi connectivity index (χ3n) is 11.8. The molecule has 0 aromatic heterocycles. The van der Waals surface area contributed by atoms with Gasteiger partial charge >= 0.3 is 0 Å². The van der Waals surface area contributed by atoms with Gasteiger partial charge in [0.25, 0.3) is 8.32 Å². The van der Waals surface area contributed by atoms with Crippen molar-refractivity contribution in [1.29, 1.82) is 0 Å². The van der Waals surface area contributed by atoms with E-state index < -0.39 is 8.32 Å². The van der Waals surface area contributed by atoms with E-state index >= 15 is 0 Å². The van der Waals surface area contributed by atoms with Crippen molar-refractivity contribution < 1.29 is 4.43 Å². The molecule has 0 radical (unpaired) electrons. The maximum absolute atomic E-state index is 7.14. The van der Waals surface area contributed by atoms with Gasteiger partial charge < -0.3 is 4.43 Å². The average molecular weight is 817 g/mol. The number of rotatable bonds is 22. The van der Waals surface area contributed by atoms with Crippen LogP contribution in [-0.2, 0) is 4.43 Å². The lowest BCUT2D eigenvalue weighted by atomic mass is 9.88. The highest BCUT2D eigenvalue weighted by Crippen LogP contribution is 2.37. The van der Waals surface area contributed by atoms with Crippen molar-refractivity contribution in [3.8, 4) is 0 Å². The molecule has 4 rings (SSSR count). The summed E-state index contributed by atoms with van der Waals surface area (Å²) in [6.07, 6.45) is 23.2. The molecule has 0 saturated heterocycles. The van der Waals surface area contributed by atoms with Gasteiger partial charge in [-0.2, -0.15) is 0 Å². The molecule has 0 saturated carbocycles. The zero-order valence-electron chi connectivity index (χ0n) is 38.9. The second kappa shape index (κ2) is 24.7. The van der Waals surface area contributed by atoms with Crippen molar-refractivity contribution in [1.82, 2.24) is 0 Å². The second-order valence-electron chi connectivity index (χ2n) is 18.5. The summed E-state index contributed by atoms with van der Waals surface area (Å²) >= 11 is 0. The minimum absolute atomic E-state index is 0.0247. The van der Waals surface area contributed by atoms with Crippen LogP contribution in [0.25, 0.3) is 0 Å². The van der Waals surface area contributed by atoms with Gasteiger partial charge in [-0.1, -0.05) is 212 Å². The molecular formula is C58H76OSi. The SMILES string of the molecule is CC(C)=CCC/C(C)=C\C(C/C(C)=C\CC/C(C)=C\C(C/C(C)=C\CC/C(C)=C\CO[Si](c1ccccc1)(c1ccccc1)C(C)(C)C)c1ccccc1)c1ccccc1. The van der Waals surface area contributed by atoms with E-state index in [1.54, 1.807) is 0 Å². The molecule has 318 valence electrons. The fraction of sp³-hybridized carbons (Fsp3) is 0.379. The standard InChI is InChI=1S/C58H76OSi/c1-46(2)26-23-28-48(4)42-54(52-32-15-11-16-33-52)44-50(6)30-25-31-51(7)45-55(53-34-17-12-18-35-53)43-49(5)29-24-27-47(3)40-41-59-60(58(8,9)10,56-36-19-13-20-37-56)57-38-21-14-22-39-57/h11-22,26,29-30,32-40,42,45,54-55H,23-25,27-28,31,41,43-44H2,1-10H3/b47-40-,48-42-,49-29-,50-30-,51-45-. The monoisotopic (exact) mass is 817 g/mol. The summed E-state index contributed by atoms with van der Waals surface area (Å²) in [5.74, 6) is 0.774. The van der Waals surface area contributed by atoms with Crippen LogP contribution in [0, 0.1) is 0 Å². The van der Waals surface area contributed by atoms with E-state index in [2.05, 4.69) is 227 Å². The Kier molecular flexibility index (Phi) is 19.8. The summed E-state index contributed by atoms with van der Waals surface area (Å²) in [5, 5.41) is 2.63. The van der Waals surface area contributed by atoms with E-state index in [4.69, 9.17) is 4.43 Å². The molecule has 0 bridgehead atoms. The van der Waals surface area contributed by atoms with Gasteiger partial charge in [0.2, 0.25) is 0 Å². The summed E-state index contributed by atoms with van der Waals surface area (Å²) in [4.78, 5) is 0. The van der Waals surface area contributed by atoms with E-state index in [0.717, 1.165) is 51.4 Å². The molecule has 0 aliphatic heterocycles. The van der Waals surface area contributed by atoms with Crippen molar-refractivity contribution in [2.45, 2.75) is 137 Å². The Hall–Kier alpha value is -4.50. The number of allylic oxidation sites excluding steroid dienone is 11. The summed E-state index contributed by atoms with van der Waals surface area (Å²) in [5.41, 5.74) is 11.5. The Labute approximate surface area is 367 Å². The van der Waals surface area contributed by atoms with Crippen LogP contribution in [0.5, 0.6) is 0 Å². The lowest BCUT2D eigenvalue weighted by Crippen LogP contribution is -2.66. The highest BCUT2D eigenvalue weighted by molar-refractivity contribution is 6.99. The van der Waals surface area contributed by atoms with Gasteiger partial charge in [0.1, 0.15) is 0 Å². The molecule has 0 heterocycles. The van der Waals surface area contributed by atoms with Crippen LogP contribution in [0.3, 0.4) is 0 Å². The van der Waals surface area contributed by atoms with Gasteiger partial charge in [0.15, 0.2) is 0 Å². The van der Waals surface area contributed by atoms with Crippen molar-refractivity contribution in [3.63, 3.8) is 0 Å². The normalized spacial score (nSPS) is 14.5. The number of hydrogen-bond acceptors (Lipinski definition) is 1. The van der Waals surface area contributed by atoms with Crippen molar-refractivity contribution in [2.75, 3.05) is 6.61 Å². The Balaban J connectivity index is 1.38. The lowest BCUT2D eigenvalue weighted by molar-refractivity contribution is 0.338. The molecule has 4 aromatic rings. The molecule has 2 atom stereocenters. The quantitative estimate of drug-likeness (QED) is 0.0567. The first kappa shape index (κ1) is 48.2. The molecule has 2 unspecified atom stereocenters. The predicted octanol–water partition coefficient (Wildman–Crippen LogP) is 15.9. The zero-order chi connectivity index (χ0) is 43.4. The van der Waals surface area contributed by atoms with Crippen molar-refractivity contribution >= 4 is 18.7 Å². The summed E-state index contributed by atoms with van der Waals surface area (Å²) in [6, 6.07) is 44.0. The lowest BCUT2D eigenvalue weighted by Gasteiger charge is -2.42. The van der Waals surface area contributed by atoms with Crippen LogP contribution >= 0.6 is 0 Å². The maximum Gasteiger partial charge on any atom is 0.261 e. The first-order chi connectivity index (χ1) is 28.8. The van der Waals surface area contributed by atoms with E-state index in [1.165, 1.54) is 54.9 Å². The minimum Gasteiger partial charge on any atom is -0.404 e.